The SMILES string of the molecule is CC(NC1CC(O)C1(C)C)c1ccccc1[N+](=O)[O-]. The van der Waals surface area contributed by atoms with Crippen LogP contribution in [-0.2, 0) is 0 Å². The minimum Gasteiger partial charge on any atom is -0.392 e. The first-order chi connectivity index (χ1) is 8.84. The summed E-state index contributed by atoms with van der Waals surface area (Å²) in [5, 5.41) is 24.1. The van der Waals surface area contributed by atoms with Gasteiger partial charge in [0.25, 0.3) is 5.69 Å². The van der Waals surface area contributed by atoms with E-state index in [1.54, 1.807) is 18.2 Å². The molecule has 2 rings (SSSR count). The minimum absolute atomic E-state index is 0.113. The number of hydrogen-bond acceptors (Lipinski definition) is 4. The Kier molecular flexibility index (Phi) is 3.60. The molecule has 0 radical (unpaired) electrons. The Hall–Kier alpha value is -1.46. The molecule has 3 unspecified atom stereocenters. The molecular formula is C14H20N2O3. The molecule has 1 fully saturated rings. The highest BCUT2D eigenvalue weighted by atomic mass is 16.6. The van der Waals surface area contributed by atoms with Crippen molar-refractivity contribution in [1.29, 1.82) is 0 Å². The number of hydrogen-bond donors (Lipinski definition) is 2. The van der Waals surface area contributed by atoms with Gasteiger partial charge in [0, 0.05) is 29.1 Å². The Labute approximate surface area is 112 Å². The summed E-state index contributed by atoms with van der Waals surface area (Å²) in [7, 11) is 0. The molecule has 2 N–H and O–H groups in total. The molecule has 0 aromatic heterocycles. The smallest absolute Gasteiger partial charge is 0.274 e. The van der Waals surface area contributed by atoms with Gasteiger partial charge in [0.05, 0.1) is 11.0 Å². The average Bonchev–Trinajstić information content (AvgIpc) is 2.38. The summed E-state index contributed by atoms with van der Waals surface area (Å²) in [6.07, 6.45) is 0.390. The van der Waals surface area contributed by atoms with E-state index in [-0.39, 0.29) is 34.2 Å². The lowest BCUT2D eigenvalue weighted by Crippen LogP contribution is -2.60. The molecule has 1 saturated carbocycles. The summed E-state index contributed by atoms with van der Waals surface area (Å²) in [6, 6.07) is 6.84. The van der Waals surface area contributed by atoms with Crippen LogP contribution in [0.4, 0.5) is 5.69 Å². The lowest BCUT2D eigenvalue weighted by atomic mass is 9.64. The maximum absolute atomic E-state index is 11.0. The molecule has 104 valence electrons. The van der Waals surface area contributed by atoms with Crippen LogP contribution >= 0.6 is 0 Å². The van der Waals surface area contributed by atoms with Gasteiger partial charge in [-0.1, -0.05) is 32.0 Å². The molecule has 3 atom stereocenters. The van der Waals surface area contributed by atoms with Gasteiger partial charge in [-0.05, 0) is 13.3 Å². The predicted molar refractivity (Wildman–Crippen MR) is 72.8 cm³/mol. The van der Waals surface area contributed by atoms with Crippen LogP contribution in [0.1, 0.15) is 38.8 Å². The number of para-hydroxylation sites is 1. The zero-order valence-electron chi connectivity index (χ0n) is 11.5. The number of rotatable bonds is 4. The molecular weight excluding hydrogens is 244 g/mol. The van der Waals surface area contributed by atoms with E-state index in [1.165, 1.54) is 6.07 Å². The number of nitrogens with one attached hydrogen (secondary N) is 1. The van der Waals surface area contributed by atoms with E-state index in [2.05, 4.69) is 5.32 Å². The quantitative estimate of drug-likeness (QED) is 0.647. The Morgan fingerprint density at radius 3 is 2.63 bits per heavy atom. The van der Waals surface area contributed by atoms with Crippen molar-refractivity contribution in [2.75, 3.05) is 0 Å². The Morgan fingerprint density at radius 1 is 1.47 bits per heavy atom. The van der Waals surface area contributed by atoms with Gasteiger partial charge in [-0.3, -0.25) is 10.1 Å². The first-order valence-corrected chi connectivity index (χ1v) is 6.51. The largest absolute Gasteiger partial charge is 0.392 e. The average molecular weight is 264 g/mol. The molecule has 0 amide bonds. The van der Waals surface area contributed by atoms with Crippen LogP contribution < -0.4 is 5.32 Å². The molecule has 1 aliphatic rings. The van der Waals surface area contributed by atoms with E-state index in [0.29, 0.717) is 12.0 Å². The first-order valence-electron chi connectivity index (χ1n) is 6.51. The Bertz CT molecular complexity index is 487. The molecule has 0 bridgehead atoms. The number of aliphatic hydroxyl groups is 1. The van der Waals surface area contributed by atoms with Crippen molar-refractivity contribution in [2.45, 2.75) is 45.4 Å². The fraction of sp³-hybridized carbons (Fsp3) is 0.571. The van der Waals surface area contributed by atoms with E-state index >= 15 is 0 Å². The maximum Gasteiger partial charge on any atom is 0.274 e. The van der Waals surface area contributed by atoms with Crippen LogP contribution in [0.5, 0.6) is 0 Å². The van der Waals surface area contributed by atoms with Crippen LogP contribution in [0.2, 0.25) is 0 Å². The number of aliphatic hydroxyl groups excluding tert-OH is 1. The van der Waals surface area contributed by atoms with E-state index in [4.69, 9.17) is 0 Å². The third-order valence-electron chi connectivity index (χ3n) is 4.27. The predicted octanol–water partition coefficient (Wildman–Crippen LogP) is 2.40. The van der Waals surface area contributed by atoms with Gasteiger partial charge in [-0.15, -0.1) is 0 Å². The van der Waals surface area contributed by atoms with Crippen LogP contribution in [0, 0.1) is 15.5 Å². The Morgan fingerprint density at radius 2 is 2.11 bits per heavy atom. The van der Waals surface area contributed by atoms with E-state index in [9.17, 15) is 15.2 Å². The molecule has 5 nitrogen and oxygen atoms in total. The van der Waals surface area contributed by atoms with Crippen molar-refractivity contribution in [2.24, 2.45) is 5.41 Å². The molecule has 0 saturated heterocycles. The van der Waals surface area contributed by atoms with Crippen LogP contribution in [0.15, 0.2) is 24.3 Å². The summed E-state index contributed by atoms with van der Waals surface area (Å²) in [4.78, 5) is 10.7. The first kappa shape index (κ1) is 14.0. The highest BCUT2D eigenvalue weighted by Gasteiger charge is 2.47. The van der Waals surface area contributed by atoms with Crippen LogP contribution in [-0.4, -0.2) is 22.2 Å². The molecule has 1 aliphatic carbocycles. The normalized spacial score (nSPS) is 26.5. The summed E-state index contributed by atoms with van der Waals surface area (Å²) in [6.45, 7) is 5.93. The third kappa shape index (κ3) is 2.48. The number of nitrogens with zero attached hydrogens (tertiary/aromatic N) is 1. The number of nitro benzene ring substituents is 1. The van der Waals surface area contributed by atoms with E-state index in [0.717, 1.165) is 0 Å². The highest BCUT2D eigenvalue weighted by Crippen LogP contribution is 2.41. The monoisotopic (exact) mass is 264 g/mol. The standard InChI is InChI=1S/C14H20N2O3/c1-9(15-12-8-13(17)14(12,2)3)10-6-4-5-7-11(10)16(18)19/h4-7,9,12-13,15,17H,8H2,1-3H3. The number of benzene rings is 1. The van der Waals surface area contributed by atoms with Crippen LogP contribution in [0.25, 0.3) is 0 Å². The van der Waals surface area contributed by atoms with E-state index < -0.39 is 0 Å². The van der Waals surface area contributed by atoms with Crippen molar-refractivity contribution in [3.05, 3.63) is 39.9 Å². The zero-order chi connectivity index (χ0) is 14.2. The number of nitro groups is 1. The van der Waals surface area contributed by atoms with E-state index in [1.807, 2.05) is 20.8 Å². The van der Waals surface area contributed by atoms with Crippen molar-refractivity contribution >= 4 is 5.69 Å². The minimum atomic E-state index is -0.353. The molecule has 0 spiro atoms. The van der Waals surface area contributed by atoms with Crippen molar-refractivity contribution in [1.82, 2.24) is 5.32 Å². The van der Waals surface area contributed by atoms with Crippen LogP contribution in [0.3, 0.4) is 0 Å². The summed E-state index contributed by atoms with van der Waals surface area (Å²) in [5.74, 6) is 0. The molecule has 0 aliphatic heterocycles. The molecule has 1 aromatic rings. The summed E-state index contributed by atoms with van der Waals surface area (Å²) < 4.78 is 0. The maximum atomic E-state index is 11.0. The van der Waals surface area contributed by atoms with Crippen molar-refractivity contribution < 1.29 is 10.0 Å². The second kappa shape index (κ2) is 4.90. The second-order valence-electron chi connectivity index (χ2n) is 5.83. The van der Waals surface area contributed by atoms with Crippen molar-refractivity contribution in [3.8, 4) is 0 Å². The lowest BCUT2D eigenvalue weighted by Gasteiger charge is -2.50. The van der Waals surface area contributed by atoms with Gasteiger partial charge < -0.3 is 10.4 Å². The third-order valence-corrected chi connectivity index (χ3v) is 4.27. The van der Waals surface area contributed by atoms with Crippen molar-refractivity contribution in [3.63, 3.8) is 0 Å². The molecule has 0 heterocycles. The lowest BCUT2D eigenvalue weighted by molar-refractivity contribution is -0.385. The molecule has 19 heavy (non-hydrogen) atoms. The molecule has 1 aromatic carbocycles. The fourth-order valence-electron chi connectivity index (χ4n) is 2.60. The molecule has 5 heteroatoms. The zero-order valence-corrected chi connectivity index (χ0v) is 11.5. The fourth-order valence-corrected chi connectivity index (χ4v) is 2.60. The highest BCUT2D eigenvalue weighted by molar-refractivity contribution is 5.41. The second-order valence-corrected chi connectivity index (χ2v) is 5.83. The van der Waals surface area contributed by atoms with Gasteiger partial charge in [-0.25, -0.2) is 0 Å². The summed E-state index contributed by atoms with van der Waals surface area (Å²) in [5.41, 5.74) is 0.641. The van der Waals surface area contributed by atoms with Gasteiger partial charge in [-0.2, -0.15) is 0 Å². The topological polar surface area (TPSA) is 75.4 Å². The summed E-state index contributed by atoms with van der Waals surface area (Å²) >= 11 is 0. The van der Waals surface area contributed by atoms with Gasteiger partial charge >= 0.3 is 0 Å². The Balaban J connectivity index is 2.13. The van der Waals surface area contributed by atoms with Gasteiger partial charge in [0.2, 0.25) is 0 Å². The van der Waals surface area contributed by atoms with Gasteiger partial charge in [0.15, 0.2) is 0 Å². The van der Waals surface area contributed by atoms with Gasteiger partial charge in [0.1, 0.15) is 0 Å².